The molecule has 1 N–H and O–H groups in total. The van der Waals surface area contributed by atoms with E-state index in [2.05, 4.69) is 24.0 Å². The summed E-state index contributed by atoms with van der Waals surface area (Å²) < 4.78 is 21.8. The first-order valence-corrected chi connectivity index (χ1v) is 16.0. The van der Waals surface area contributed by atoms with Gasteiger partial charge in [-0.3, -0.25) is 4.98 Å². The maximum absolute atomic E-state index is 15.8. The van der Waals surface area contributed by atoms with Gasteiger partial charge < -0.3 is 9.84 Å². The van der Waals surface area contributed by atoms with Crippen molar-refractivity contribution in [1.29, 1.82) is 5.26 Å². The van der Waals surface area contributed by atoms with Crippen LogP contribution < -0.4 is 4.74 Å². The Kier molecular flexibility index (Phi) is 13.6. The summed E-state index contributed by atoms with van der Waals surface area (Å²) in [5.41, 5.74) is 1.02. The summed E-state index contributed by atoms with van der Waals surface area (Å²) in [6.45, 7) is 4.34. The molecule has 0 bridgehead atoms. The third-order valence-electron chi connectivity index (χ3n) is 8.78. The molecule has 224 valence electrons. The Hall–Kier alpha value is -2.94. The van der Waals surface area contributed by atoms with Crippen molar-refractivity contribution in [1.82, 2.24) is 4.98 Å². The number of hydrogen-bond acceptors (Lipinski definition) is 4. The van der Waals surface area contributed by atoms with Gasteiger partial charge in [-0.1, -0.05) is 84.1 Å². The van der Waals surface area contributed by atoms with Crippen LogP contribution in [0.15, 0.2) is 36.5 Å². The van der Waals surface area contributed by atoms with Gasteiger partial charge in [-0.25, -0.2) is 9.18 Å². The van der Waals surface area contributed by atoms with E-state index in [9.17, 15) is 15.2 Å². The van der Waals surface area contributed by atoms with Crippen LogP contribution in [0.1, 0.15) is 121 Å². The minimum absolute atomic E-state index is 0.0707. The van der Waals surface area contributed by atoms with Gasteiger partial charge in [0.2, 0.25) is 5.67 Å². The van der Waals surface area contributed by atoms with Crippen molar-refractivity contribution >= 4 is 5.97 Å². The maximum Gasteiger partial charge on any atom is 0.341 e. The molecule has 5 nitrogen and oxygen atoms in total. The zero-order chi connectivity index (χ0) is 29.5. The van der Waals surface area contributed by atoms with E-state index in [0.717, 1.165) is 36.9 Å². The molecule has 0 aliphatic heterocycles. The summed E-state index contributed by atoms with van der Waals surface area (Å²) in [5, 5.41) is 19.6. The lowest BCUT2D eigenvalue weighted by molar-refractivity contribution is -0.158. The number of rotatable bonds is 18. The van der Waals surface area contributed by atoms with Crippen LogP contribution >= 0.6 is 0 Å². The van der Waals surface area contributed by atoms with E-state index in [4.69, 9.17) is 4.74 Å². The van der Waals surface area contributed by atoms with Crippen LogP contribution in [-0.2, 0) is 11.2 Å². The maximum atomic E-state index is 15.8. The molecule has 1 saturated carbocycles. The summed E-state index contributed by atoms with van der Waals surface area (Å²) in [4.78, 5) is 16.6. The van der Waals surface area contributed by atoms with Crippen LogP contribution in [0.2, 0.25) is 0 Å². The fraction of sp³-hybridized carbons (Fsp3) is 0.629. The van der Waals surface area contributed by atoms with Gasteiger partial charge in [-0.15, -0.1) is 0 Å². The molecule has 0 spiro atoms. The summed E-state index contributed by atoms with van der Waals surface area (Å²) in [7, 11) is 0. The number of alkyl halides is 1. The second-order valence-electron chi connectivity index (χ2n) is 11.9. The summed E-state index contributed by atoms with van der Waals surface area (Å²) >= 11 is 0. The number of benzene rings is 1. The van der Waals surface area contributed by atoms with Crippen molar-refractivity contribution in [2.24, 2.45) is 11.8 Å². The van der Waals surface area contributed by atoms with Crippen molar-refractivity contribution in [2.75, 3.05) is 6.61 Å². The normalized spacial score (nSPS) is 16.0. The van der Waals surface area contributed by atoms with Crippen molar-refractivity contribution in [3.05, 3.63) is 47.7 Å². The molecule has 6 heteroatoms. The number of pyridine rings is 1. The number of hydrogen-bond donors (Lipinski definition) is 1. The molecular formula is C35H49FN2O3. The standard InChI is InChI=1S/C35H49FN2O3/c1-3-5-6-7-8-9-10-12-15-28-18-20-32(38-25-28)29-19-21-33(30(22-29)24-37)41-26-27(4-2)23-35(36,34(39)40)31-16-13-11-14-17-31/h18-22,25,27,31H,3-17,23,26H2,1-2H3,(H,39,40)/t27?,35-/m0/s1. The molecule has 1 fully saturated rings. The molecule has 1 aliphatic carbocycles. The Morgan fingerprint density at radius 1 is 1.07 bits per heavy atom. The Morgan fingerprint density at radius 2 is 1.78 bits per heavy atom. The van der Waals surface area contributed by atoms with E-state index in [1.54, 1.807) is 12.1 Å². The predicted molar refractivity (Wildman–Crippen MR) is 163 cm³/mol. The highest BCUT2D eigenvalue weighted by Crippen LogP contribution is 2.40. The van der Waals surface area contributed by atoms with E-state index in [1.165, 1.54) is 56.9 Å². The Bertz CT molecular complexity index is 1110. The van der Waals surface area contributed by atoms with E-state index in [1.807, 2.05) is 25.3 Å². The molecule has 0 amide bonds. The van der Waals surface area contributed by atoms with Gasteiger partial charge in [0.1, 0.15) is 11.8 Å². The minimum Gasteiger partial charge on any atom is -0.492 e. The number of aliphatic carboxylic acids is 1. The van der Waals surface area contributed by atoms with Crippen LogP contribution in [0, 0.1) is 23.2 Å². The van der Waals surface area contributed by atoms with Crippen LogP contribution in [0.4, 0.5) is 4.39 Å². The van der Waals surface area contributed by atoms with E-state index < -0.39 is 17.6 Å². The average Bonchev–Trinajstić information content (AvgIpc) is 3.01. The summed E-state index contributed by atoms with van der Waals surface area (Å²) in [6.07, 6.45) is 17.9. The number of aryl methyl sites for hydroxylation is 1. The SMILES string of the molecule is CCCCCCCCCCc1ccc(-c2ccc(OCC(CC)C[C@@](F)(C(=O)O)C3CCCCC3)c(C#N)c2)nc1. The highest BCUT2D eigenvalue weighted by Gasteiger charge is 2.47. The highest BCUT2D eigenvalue weighted by atomic mass is 19.1. The number of halogens is 1. The molecule has 0 saturated heterocycles. The second-order valence-corrected chi connectivity index (χ2v) is 11.9. The first kappa shape index (κ1) is 32.6. The van der Waals surface area contributed by atoms with Gasteiger partial charge in [-0.2, -0.15) is 5.26 Å². The second kappa shape index (κ2) is 17.1. The first-order valence-electron chi connectivity index (χ1n) is 16.0. The predicted octanol–water partition coefficient (Wildman–Crippen LogP) is 9.47. The van der Waals surface area contributed by atoms with Crippen LogP contribution in [0.25, 0.3) is 11.3 Å². The lowest BCUT2D eigenvalue weighted by atomic mass is 9.74. The summed E-state index contributed by atoms with van der Waals surface area (Å²) in [6, 6.07) is 11.7. The van der Waals surface area contributed by atoms with E-state index >= 15 is 4.39 Å². The molecule has 1 aliphatic rings. The topological polar surface area (TPSA) is 83.2 Å². The lowest BCUT2D eigenvalue weighted by Crippen LogP contribution is -2.44. The molecule has 1 aromatic carbocycles. The average molecular weight is 565 g/mol. The van der Waals surface area contributed by atoms with Gasteiger partial charge in [0.15, 0.2) is 0 Å². The Balaban J connectivity index is 1.54. The third kappa shape index (κ3) is 9.83. The van der Waals surface area contributed by atoms with E-state index in [-0.39, 0.29) is 18.9 Å². The zero-order valence-corrected chi connectivity index (χ0v) is 25.2. The molecule has 0 radical (unpaired) electrons. The van der Waals surface area contributed by atoms with Crippen molar-refractivity contribution in [2.45, 2.75) is 122 Å². The number of aromatic nitrogens is 1. The van der Waals surface area contributed by atoms with Gasteiger partial charge >= 0.3 is 5.97 Å². The summed E-state index contributed by atoms with van der Waals surface area (Å²) in [5.74, 6) is -1.64. The molecule has 3 rings (SSSR count). The fourth-order valence-electron chi connectivity index (χ4n) is 6.05. The number of nitriles is 1. The van der Waals surface area contributed by atoms with Crippen LogP contribution in [-0.4, -0.2) is 28.3 Å². The zero-order valence-electron chi connectivity index (χ0n) is 25.2. The van der Waals surface area contributed by atoms with Crippen molar-refractivity contribution < 1.29 is 19.0 Å². The largest absolute Gasteiger partial charge is 0.492 e. The molecular weight excluding hydrogens is 515 g/mol. The third-order valence-corrected chi connectivity index (χ3v) is 8.78. The number of carboxylic acids is 1. The van der Waals surface area contributed by atoms with Crippen molar-refractivity contribution in [3.8, 4) is 23.1 Å². The lowest BCUT2D eigenvalue weighted by Gasteiger charge is -2.35. The number of carboxylic acid groups (broad SMARTS) is 1. The molecule has 2 aromatic rings. The van der Waals surface area contributed by atoms with Gasteiger partial charge in [0.25, 0.3) is 0 Å². The first-order chi connectivity index (χ1) is 19.9. The molecule has 41 heavy (non-hydrogen) atoms. The number of ether oxygens (including phenoxy) is 1. The Labute approximate surface area is 246 Å². The van der Waals surface area contributed by atoms with Gasteiger partial charge in [-0.05, 0) is 74.3 Å². The number of unbranched alkanes of at least 4 members (excludes halogenated alkanes) is 7. The highest BCUT2D eigenvalue weighted by molar-refractivity contribution is 5.77. The molecule has 2 atom stereocenters. The van der Waals surface area contributed by atoms with Crippen LogP contribution in [0.5, 0.6) is 5.75 Å². The van der Waals surface area contributed by atoms with E-state index in [0.29, 0.717) is 30.6 Å². The van der Waals surface area contributed by atoms with Gasteiger partial charge in [0.05, 0.1) is 17.9 Å². The molecule has 1 aromatic heterocycles. The van der Waals surface area contributed by atoms with Crippen molar-refractivity contribution in [3.63, 3.8) is 0 Å². The van der Waals surface area contributed by atoms with Gasteiger partial charge in [0, 0.05) is 17.7 Å². The molecule has 1 heterocycles. The minimum atomic E-state index is -2.24. The smallest absolute Gasteiger partial charge is 0.341 e. The fourth-order valence-corrected chi connectivity index (χ4v) is 6.05. The Morgan fingerprint density at radius 3 is 2.39 bits per heavy atom. The number of nitrogens with zero attached hydrogens (tertiary/aromatic N) is 2. The molecule has 1 unspecified atom stereocenters. The number of carbonyl (C=O) groups is 1. The quantitative estimate of drug-likeness (QED) is 0.182. The van der Waals surface area contributed by atoms with Crippen LogP contribution in [0.3, 0.4) is 0 Å². The monoisotopic (exact) mass is 564 g/mol.